The third-order valence-electron chi connectivity index (χ3n) is 21.1. The number of hydrogen-bond acceptors (Lipinski definition) is 3. The molecule has 6 aromatic carbocycles. The van der Waals surface area contributed by atoms with E-state index < -0.39 is 25.4 Å². The van der Waals surface area contributed by atoms with Gasteiger partial charge in [0, 0.05) is 0 Å². The Morgan fingerprint density at radius 1 is 0.260 bits per heavy atom. The fraction of sp³-hybridized carbons (Fsp3) is 0.562. The molecule has 0 aliphatic rings. The maximum absolute atomic E-state index is 9.54. The van der Waals surface area contributed by atoms with Gasteiger partial charge in [-0.15, -0.1) is 0 Å². The SMILES string of the molecule is C/C=C(/CCCCCC)C(OP(OC(/C(=C/C)CCCCCC)(c1ccc(C)cc1C(C)(C)C)c1ccc(C)cc1C(C)(C)C)OC(/C(=C/C)CCCCCC)(c1ccc(C)cc1C(C)(C)C)c1ccc(C)cc1C(C)(C)C)(c1ccc(C)cc1C(C)(C)C)c1ccc(C)cc1C(C)(C)C. The van der Waals surface area contributed by atoms with E-state index in [1.807, 2.05) is 0 Å². The second-order valence-electron chi connectivity index (χ2n) is 36.2. The van der Waals surface area contributed by atoms with Crippen molar-refractivity contribution in [3.63, 3.8) is 0 Å². The van der Waals surface area contributed by atoms with Crippen LogP contribution in [0.5, 0.6) is 0 Å². The van der Waals surface area contributed by atoms with Gasteiger partial charge in [0.05, 0.1) is 0 Å². The molecule has 4 heteroatoms. The van der Waals surface area contributed by atoms with E-state index >= 15 is 0 Å². The van der Waals surface area contributed by atoms with Gasteiger partial charge in [-0.05, 0) is 217 Å². The van der Waals surface area contributed by atoms with Gasteiger partial charge in [-0.25, -0.2) is 0 Å². The lowest BCUT2D eigenvalue weighted by Crippen LogP contribution is -2.43. The third-order valence-corrected chi connectivity index (χ3v) is 22.4. The van der Waals surface area contributed by atoms with E-state index in [2.05, 4.69) is 335 Å². The Kier molecular flexibility index (Phi) is 28.6. The highest BCUT2D eigenvalue weighted by Crippen LogP contribution is 2.67. The molecule has 0 aliphatic heterocycles. The smallest absolute Gasteiger partial charge is 0.291 e. The van der Waals surface area contributed by atoms with Gasteiger partial charge in [0.25, 0.3) is 0 Å². The molecule has 0 radical (unpaired) electrons. The monoisotopic (exact) mass is 1370 g/mol. The minimum absolute atomic E-state index is 0.338. The maximum Gasteiger partial charge on any atom is 0.337 e. The molecule has 100 heavy (non-hydrogen) atoms. The van der Waals surface area contributed by atoms with Gasteiger partial charge in [0.1, 0.15) is 16.8 Å². The van der Waals surface area contributed by atoms with Crippen molar-refractivity contribution in [1.82, 2.24) is 0 Å². The maximum atomic E-state index is 9.54. The Morgan fingerprint density at radius 2 is 0.430 bits per heavy atom. The van der Waals surface area contributed by atoms with Crippen molar-refractivity contribution in [1.29, 1.82) is 0 Å². The number of unbranched alkanes of at least 4 members (excludes halogenated alkanes) is 9. The van der Waals surface area contributed by atoms with Gasteiger partial charge in [-0.2, -0.15) is 0 Å². The summed E-state index contributed by atoms with van der Waals surface area (Å²) in [6, 6.07) is 43.6. The van der Waals surface area contributed by atoms with Gasteiger partial charge in [-0.1, -0.05) is 364 Å². The van der Waals surface area contributed by atoms with E-state index in [4.69, 9.17) is 0 Å². The van der Waals surface area contributed by atoms with Crippen molar-refractivity contribution in [2.45, 2.75) is 353 Å². The van der Waals surface area contributed by atoms with Gasteiger partial charge in [0.2, 0.25) is 0 Å². The van der Waals surface area contributed by atoms with E-state index in [1.54, 1.807) is 0 Å². The summed E-state index contributed by atoms with van der Waals surface area (Å²) in [4.78, 5) is 0. The Labute approximate surface area is 616 Å². The lowest BCUT2D eigenvalue weighted by molar-refractivity contribution is 0.00937. The zero-order chi connectivity index (χ0) is 74.8. The Hall–Kier alpha value is -5.15. The van der Waals surface area contributed by atoms with Crippen molar-refractivity contribution in [2.75, 3.05) is 0 Å². The number of benzene rings is 6. The third kappa shape index (κ3) is 19.2. The molecule has 0 spiro atoms. The zero-order valence-corrected chi connectivity index (χ0v) is 70.3. The quantitative estimate of drug-likeness (QED) is 0.0256. The Bertz CT molecular complexity index is 3190. The number of allylic oxidation sites excluding steroid dienone is 3. The first-order chi connectivity index (χ1) is 46.6. The molecular formula is C96H141O3P. The molecular weight excluding hydrogens is 1230 g/mol. The van der Waals surface area contributed by atoms with Crippen molar-refractivity contribution in [3.8, 4) is 0 Å². The first-order valence-corrected chi connectivity index (χ1v) is 40.2. The second-order valence-corrected chi connectivity index (χ2v) is 37.2. The molecule has 0 bridgehead atoms. The fourth-order valence-corrected chi connectivity index (χ4v) is 17.4. The second kappa shape index (κ2) is 34.2. The van der Waals surface area contributed by atoms with Crippen molar-refractivity contribution >= 4 is 8.60 Å². The molecule has 0 aliphatic carbocycles. The zero-order valence-electron chi connectivity index (χ0n) is 69.4. The summed E-state index contributed by atoms with van der Waals surface area (Å²) in [5.74, 6) is 0. The number of hydrogen-bond donors (Lipinski definition) is 0. The topological polar surface area (TPSA) is 27.7 Å². The molecule has 0 fully saturated rings. The van der Waals surface area contributed by atoms with Crippen LogP contribution in [-0.2, 0) is 62.9 Å². The highest BCUT2D eigenvalue weighted by molar-refractivity contribution is 7.41. The highest BCUT2D eigenvalue weighted by Gasteiger charge is 2.56. The number of aryl methyl sites for hydroxylation is 6. The molecule has 0 atom stereocenters. The molecule has 0 aromatic heterocycles. The van der Waals surface area contributed by atoms with Crippen molar-refractivity contribution in [2.24, 2.45) is 0 Å². The van der Waals surface area contributed by atoms with E-state index in [1.165, 1.54) is 83.5 Å². The van der Waals surface area contributed by atoms with Crippen LogP contribution in [-0.4, -0.2) is 0 Å². The van der Waals surface area contributed by atoms with Crippen LogP contribution in [0.25, 0.3) is 0 Å². The van der Waals surface area contributed by atoms with Gasteiger partial charge >= 0.3 is 8.60 Å². The molecule has 548 valence electrons. The minimum atomic E-state index is -2.70. The fourth-order valence-electron chi connectivity index (χ4n) is 15.6. The van der Waals surface area contributed by atoms with Crippen LogP contribution in [0.2, 0.25) is 0 Å². The summed E-state index contributed by atoms with van der Waals surface area (Å²) < 4.78 is 28.6. The summed E-state index contributed by atoms with van der Waals surface area (Å²) in [6.45, 7) is 70.7. The van der Waals surface area contributed by atoms with Crippen molar-refractivity contribution < 1.29 is 13.6 Å². The Balaban J connectivity index is 2.19. The normalized spacial score (nSPS) is 13.9. The first-order valence-electron chi connectivity index (χ1n) is 39.1. The summed E-state index contributed by atoms with van der Waals surface area (Å²) >= 11 is 0. The van der Waals surface area contributed by atoms with Crippen LogP contribution in [0.4, 0.5) is 0 Å². The molecule has 3 nitrogen and oxygen atoms in total. The van der Waals surface area contributed by atoms with Gasteiger partial charge in [0.15, 0.2) is 0 Å². The van der Waals surface area contributed by atoms with Crippen LogP contribution in [0.15, 0.2) is 144 Å². The van der Waals surface area contributed by atoms with Crippen LogP contribution in [0.3, 0.4) is 0 Å². The van der Waals surface area contributed by atoms with Gasteiger partial charge < -0.3 is 0 Å². The molecule has 0 saturated carbocycles. The van der Waals surface area contributed by atoms with E-state index in [0.717, 1.165) is 130 Å². The van der Waals surface area contributed by atoms with E-state index in [-0.39, 0.29) is 32.5 Å². The predicted molar refractivity (Wildman–Crippen MR) is 439 cm³/mol. The number of rotatable bonds is 30. The van der Waals surface area contributed by atoms with Crippen LogP contribution >= 0.6 is 8.60 Å². The average Bonchev–Trinajstić information content (AvgIpc) is 0.716. The summed E-state index contributed by atoms with van der Waals surface area (Å²) in [6.07, 6.45) is 22.9. The summed E-state index contributed by atoms with van der Waals surface area (Å²) in [5, 5.41) is 0. The minimum Gasteiger partial charge on any atom is -0.291 e. The standard InChI is InChI=1S/C96H141O3P/c1-31-37-40-43-46-73(34-4)94(76-55-49-67(7)61-82(76)88(13,14)15,77-56-50-68(8)62-83(77)89(16,17)18)97-100(98-95(74(35-5)47-44-41-38-32-2,78-57-51-69(9)63-84(78)90(19,20)21)79-58-52-70(10)64-85(79)91(22,23)24)99-96(75(36-6)48-45-42-39-33-3,80-59-53-71(11)65-86(80)92(25,26)27)81-60-54-72(12)66-87(81)93(28,29)30/h34-36,49-66H,31-33,37-48H2,1-30H3/b73-34-,74-35+,75-36+. The van der Waals surface area contributed by atoms with Crippen LogP contribution in [0.1, 0.15) is 363 Å². The summed E-state index contributed by atoms with van der Waals surface area (Å²) in [5.41, 5.74) is 19.2. The van der Waals surface area contributed by atoms with E-state index in [9.17, 15) is 13.6 Å². The summed E-state index contributed by atoms with van der Waals surface area (Å²) in [7, 11) is -2.70. The average molecular weight is 1370 g/mol. The molecule has 0 heterocycles. The molecule has 6 rings (SSSR count). The molecule has 0 amide bonds. The lowest BCUT2D eigenvalue weighted by atomic mass is 9.68. The van der Waals surface area contributed by atoms with Gasteiger partial charge in [-0.3, -0.25) is 13.6 Å². The molecule has 0 saturated heterocycles. The molecule has 0 N–H and O–H groups in total. The highest BCUT2D eigenvalue weighted by atomic mass is 31.2. The first kappa shape index (κ1) is 83.8. The molecule has 6 aromatic rings. The van der Waals surface area contributed by atoms with Crippen molar-refractivity contribution in [3.05, 3.63) is 244 Å². The van der Waals surface area contributed by atoms with E-state index in [0.29, 0.717) is 0 Å². The van der Waals surface area contributed by atoms with Crippen LogP contribution < -0.4 is 0 Å². The molecule has 0 unspecified atom stereocenters. The largest absolute Gasteiger partial charge is 0.337 e. The lowest BCUT2D eigenvalue weighted by Gasteiger charge is -2.50. The van der Waals surface area contributed by atoms with Crippen LogP contribution in [0, 0.1) is 41.5 Å². The predicted octanol–water partition coefficient (Wildman–Crippen LogP) is 29.5. The Morgan fingerprint density at radius 3 is 0.570 bits per heavy atom.